The second kappa shape index (κ2) is 7.23. The van der Waals surface area contributed by atoms with Crippen molar-refractivity contribution in [2.45, 2.75) is 13.0 Å². The zero-order valence-electron chi connectivity index (χ0n) is 13.2. The van der Waals surface area contributed by atoms with Crippen molar-refractivity contribution in [3.63, 3.8) is 0 Å². The van der Waals surface area contributed by atoms with Crippen LogP contribution in [0.2, 0.25) is 0 Å². The van der Waals surface area contributed by atoms with E-state index in [1.165, 1.54) is 0 Å². The fourth-order valence-corrected chi connectivity index (χ4v) is 2.69. The van der Waals surface area contributed by atoms with E-state index in [9.17, 15) is 4.79 Å². The van der Waals surface area contributed by atoms with E-state index in [1.54, 1.807) is 24.9 Å². The fourth-order valence-electron chi connectivity index (χ4n) is 2.69. The van der Waals surface area contributed by atoms with Gasteiger partial charge in [-0.05, 0) is 19.1 Å². The number of hydrogen-bond acceptors (Lipinski definition) is 6. The van der Waals surface area contributed by atoms with Crippen LogP contribution in [-0.4, -0.2) is 53.5 Å². The lowest BCUT2D eigenvalue weighted by Crippen LogP contribution is -2.49. The molecule has 23 heavy (non-hydrogen) atoms. The van der Waals surface area contributed by atoms with Gasteiger partial charge in [0.25, 0.3) is 0 Å². The summed E-state index contributed by atoms with van der Waals surface area (Å²) in [6.45, 7) is 5.68. The number of carbonyl (C=O) groups excluding carboxylic acids is 1. The molecule has 3 rings (SSSR count). The minimum absolute atomic E-state index is 0.0156. The van der Waals surface area contributed by atoms with Crippen LogP contribution in [0.15, 0.2) is 41.4 Å². The molecule has 1 fully saturated rings. The Bertz CT molecular complexity index is 609. The van der Waals surface area contributed by atoms with E-state index in [2.05, 4.69) is 25.1 Å². The first-order chi connectivity index (χ1) is 11.2. The summed E-state index contributed by atoms with van der Waals surface area (Å²) >= 11 is 0. The predicted molar refractivity (Wildman–Crippen MR) is 86.0 cm³/mol. The zero-order chi connectivity index (χ0) is 16.1. The largest absolute Gasteiger partial charge is 0.467 e. The molecule has 1 N–H and O–H groups in total. The molecular weight excluding hydrogens is 294 g/mol. The van der Waals surface area contributed by atoms with Crippen molar-refractivity contribution in [3.05, 3.63) is 42.7 Å². The number of piperazine rings is 1. The van der Waals surface area contributed by atoms with E-state index < -0.39 is 0 Å². The topological polar surface area (TPSA) is 74.5 Å². The Balaban J connectivity index is 1.44. The number of nitrogens with zero attached hydrogens (tertiary/aromatic N) is 4. The van der Waals surface area contributed by atoms with Gasteiger partial charge in [-0.1, -0.05) is 0 Å². The number of nitrogens with one attached hydrogen (secondary N) is 1. The highest BCUT2D eigenvalue weighted by atomic mass is 16.3. The average Bonchev–Trinajstić information content (AvgIpc) is 3.11. The smallest absolute Gasteiger partial charge is 0.234 e. The van der Waals surface area contributed by atoms with Gasteiger partial charge in [0.1, 0.15) is 11.6 Å². The number of rotatable bonds is 5. The Morgan fingerprint density at radius 1 is 1.35 bits per heavy atom. The van der Waals surface area contributed by atoms with Gasteiger partial charge in [-0.25, -0.2) is 4.98 Å². The van der Waals surface area contributed by atoms with Crippen molar-refractivity contribution >= 4 is 11.7 Å². The summed E-state index contributed by atoms with van der Waals surface area (Å²) < 4.78 is 5.30. The summed E-state index contributed by atoms with van der Waals surface area (Å²) in [5.41, 5.74) is 0. The number of carbonyl (C=O) groups is 1. The molecule has 1 atom stereocenters. The molecule has 3 heterocycles. The minimum Gasteiger partial charge on any atom is -0.467 e. The van der Waals surface area contributed by atoms with Crippen LogP contribution in [-0.2, 0) is 4.79 Å². The SMILES string of the molecule is CC(NC(=O)CN1CCN(c2cnccn2)CC1)c1ccco1. The Morgan fingerprint density at radius 2 is 2.17 bits per heavy atom. The zero-order valence-corrected chi connectivity index (χ0v) is 13.2. The van der Waals surface area contributed by atoms with Crippen molar-refractivity contribution in [2.75, 3.05) is 37.6 Å². The molecule has 7 heteroatoms. The Morgan fingerprint density at radius 3 is 2.83 bits per heavy atom. The van der Waals surface area contributed by atoms with E-state index in [0.717, 1.165) is 37.8 Å². The minimum atomic E-state index is -0.113. The number of hydrogen-bond donors (Lipinski definition) is 1. The van der Waals surface area contributed by atoms with Gasteiger partial charge in [-0.15, -0.1) is 0 Å². The second-order valence-electron chi connectivity index (χ2n) is 5.63. The molecule has 1 unspecified atom stereocenters. The number of furan rings is 1. The third kappa shape index (κ3) is 4.07. The van der Waals surface area contributed by atoms with Gasteiger partial charge < -0.3 is 14.6 Å². The van der Waals surface area contributed by atoms with Crippen molar-refractivity contribution in [3.8, 4) is 0 Å². The van der Waals surface area contributed by atoms with Crippen LogP contribution in [0.1, 0.15) is 18.7 Å². The van der Waals surface area contributed by atoms with E-state index >= 15 is 0 Å². The molecule has 2 aromatic heterocycles. The number of amides is 1. The quantitative estimate of drug-likeness (QED) is 0.889. The number of anilines is 1. The van der Waals surface area contributed by atoms with Crippen LogP contribution in [0.4, 0.5) is 5.82 Å². The summed E-state index contributed by atoms with van der Waals surface area (Å²) in [6.07, 6.45) is 6.76. The highest BCUT2D eigenvalue weighted by Gasteiger charge is 2.21. The van der Waals surface area contributed by atoms with Gasteiger partial charge in [0.2, 0.25) is 5.91 Å². The van der Waals surface area contributed by atoms with Crippen LogP contribution in [0.3, 0.4) is 0 Å². The molecule has 1 aliphatic heterocycles. The average molecular weight is 315 g/mol. The van der Waals surface area contributed by atoms with Crippen LogP contribution in [0, 0.1) is 0 Å². The molecule has 0 saturated carbocycles. The molecule has 0 spiro atoms. The summed E-state index contributed by atoms with van der Waals surface area (Å²) in [5.74, 6) is 1.68. The lowest BCUT2D eigenvalue weighted by Gasteiger charge is -2.34. The number of aromatic nitrogens is 2. The van der Waals surface area contributed by atoms with Gasteiger partial charge in [0.15, 0.2) is 0 Å². The molecule has 2 aromatic rings. The van der Waals surface area contributed by atoms with E-state index in [-0.39, 0.29) is 11.9 Å². The monoisotopic (exact) mass is 315 g/mol. The predicted octanol–water partition coefficient (Wildman–Crippen LogP) is 1.07. The van der Waals surface area contributed by atoms with Crippen molar-refractivity contribution in [2.24, 2.45) is 0 Å². The summed E-state index contributed by atoms with van der Waals surface area (Å²) in [6, 6.07) is 3.58. The van der Waals surface area contributed by atoms with Crippen LogP contribution >= 0.6 is 0 Å². The molecule has 1 saturated heterocycles. The van der Waals surface area contributed by atoms with Crippen LogP contribution < -0.4 is 10.2 Å². The molecule has 0 radical (unpaired) electrons. The fraction of sp³-hybridized carbons (Fsp3) is 0.438. The highest BCUT2D eigenvalue weighted by molar-refractivity contribution is 5.78. The third-order valence-corrected chi connectivity index (χ3v) is 3.96. The first-order valence-electron chi connectivity index (χ1n) is 7.78. The maximum absolute atomic E-state index is 12.1. The molecule has 0 aliphatic carbocycles. The maximum Gasteiger partial charge on any atom is 0.234 e. The standard InChI is InChI=1S/C16H21N5O2/c1-13(14-3-2-10-23-14)19-16(22)12-20-6-8-21(9-7-20)15-11-17-4-5-18-15/h2-5,10-11,13H,6-9,12H2,1H3,(H,19,22). The van der Waals surface area contributed by atoms with Gasteiger partial charge in [0, 0.05) is 38.6 Å². The molecule has 1 aliphatic rings. The van der Waals surface area contributed by atoms with Gasteiger partial charge in [-0.2, -0.15) is 0 Å². The van der Waals surface area contributed by atoms with Gasteiger partial charge >= 0.3 is 0 Å². The van der Waals surface area contributed by atoms with Crippen molar-refractivity contribution in [1.82, 2.24) is 20.2 Å². The summed E-state index contributed by atoms with van der Waals surface area (Å²) in [4.78, 5) is 24.9. The lowest BCUT2D eigenvalue weighted by atomic mass is 10.2. The van der Waals surface area contributed by atoms with Gasteiger partial charge in [-0.3, -0.25) is 14.7 Å². The third-order valence-electron chi connectivity index (χ3n) is 3.96. The maximum atomic E-state index is 12.1. The Kier molecular flexibility index (Phi) is 4.87. The second-order valence-corrected chi connectivity index (χ2v) is 5.63. The van der Waals surface area contributed by atoms with E-state index in [0.29, 0.717) is 6.54 Å². The molecule has 122 valence electrons. The first kappa shape index (κ1) is 15.5. The molecule has 0 aromatic carbocycles. The molecular formula is C16H21N5O2. The lowest BCUT2D eigenvalue weighted by molar-refractivity contribution is -0.123. The normalized spacial score (nSPS) is 17.0. The Hall–Kier alpha value is -2.41. The highest BCUT2D eigenvalue weighted by Crippen LogP contribution is 2.13. The molecule has 1 amide bonds. The van der Waals surface area contributed by atoms with Crippen LogP contribution in [0.25, 0.3) is 0 Å². The van der Waals surface area contributed by atoms with E-state index in [4.69, 9.17) is 4.42 Å². The van der Waals surface area contributed by atoms with E-state index in [1.807, 2.05) is 19.1 Å². The van der Waals surface area contributed by atoms with Crippen molar-refractivity contribution < 1.29 is 9.21 Å². The molecule has 0 bridgehead atoms. The Labute approximate surface area is 135 Å². The van der Waals surface area contributed by atoms with Crippen molar-refractivity contribution in [1.29, 1.82) is 0 Å². The molecule has 7 nitrogen and oxygen atoms in total. The van der Waals surface area contributed by atoms with Crippen LogP contribution in [0.5, 0.6) is 0 Å². The first-order valence-corrected chi connectivity index (χ1v) is 7.78. The van der Waals surface area contributed by atoms with Gasteiger partial charge in [0.05, 0.1) is 25.0 Å². The summed E-state index contributed by atoms with van der Waals surface area (Å²) in [5, 5.41) is 2.96. The summed E-state index contributed by atoms with van der Waals surface area (Å²) in [7, 11) is 0.